The Labute approximate surface area is 199 Å². The molecule has 11 heteroatoms. The highest BCUT2D eigenvalue weighted by atomic mass is 32.2. The number of nitrogens with zero attached hydrogens (tertiary/aromatic N) is 2. The molecule has 2 aliphatic rings. The molecule has 4 N–H and O–H groups in total. The fourth-order valence-corrected chi connectivity index (χ4v) is 4.10. The number of aromatic nitrogens is 2. The zero-order chi connectivity index (χ0) is 24.4. The highest BCUT2D eigenvalue weighted by Gasteiger charge is 2.17. The average Bonchev–Trinajstić information content (AvgIpc) is 2.80. The molecule has 1 aromatic heterocycles. The number of terminal acetylenes is 1. The smallest absolute Gasteiger partial charge is 0.407 e. The predicted octanol–water partition coefficient (Wildman–Crippen LogP) is 3.04. The van der Waals surface area contributed by atoms with Gasteiger partial charge < -0.3 is 20.1 Å². The van der Waals surface area contributed by atoms with Crippen molar-refractivity contribution in [2.24, 2.45) is 5.14 Å². The Bertz CT molecular complexity index is 1120. The first-order valence-electron chi connectivity index (χ1n) is 11.1. The van der Waals surface area contributed by atoms with Crippen LogP contribution in [-0.4, -0.2) is 44.2 Å². The summed E-state index contributed by atoms with van der Waals surface area (Å²) < 4.78 is 34.9. The van der Waals surface area contributed by atoms with Gasteiger partial charge in [-0.3, -0.25) is 0 Å². The summed E-state index contributed by atoms with van der Waals surface area (Å²) in [5.41, 5.74) is 1.33. The van der Waals surface area contributed by atoms with Crippen molar-refractivity contribution in [2.45, 2.75) is 49.3 Å². The first kappa shape index (κ1) is 25.3. The van der Waals surface area contributed by atoms with Crippen LogP contribution in [0.5, 0.6) is 5.75 Å². The van der Waals surface area contributed by atoms with Gasteiger partial charge in [0, 0.05) is 42.2 Å². The van der Waals surface area contributed by atoms with E-state index in [1.807, 2.05) is 0 Å². The van der Waals surface area contributed by atoms with Crippen LogP contribution in [0.15, 0.2) is 35.5 Å². The number of nitrogens with one attached hydrogen (secondary N) is 2. The van der Waals surface area contributed by atoms with E-state index in [9.17, 15) is 13.2 Å². The van der Waals surface area contributed by atoms with Gasteiger partial charge in [-0.15, -0.1) is 6.42 Å². The second-order valence-electron chi connectivity index (χ2n) is 7.86. The van der Waals surface area contributed by atoms with Crippen LogP contribution < -0.4 is 20.5 Å². The van der Waals surface area contributed by atoms with Crippen molar-refractivity contribution in [3.05, 3.63) is 36.2 Å². The van der Waals surface area contributed by atoms with Crippen LogP contribution in [0.4, 0.5) is 16.4 Å². The van der Waals surface area contributed by atoms with E-state index in [2.05, 4.69) is 26.5 Å². The second-order valence-corrected chi connectivity index (χ2v) is 9.39. The summed E-state index contributed by atoms with van der Waals surface area (Å²) in [5.74, 6) is 2.98. The van der Waals surface area contributed by atoms with Crippen LogP contribution in [0.2, 0.25) is 0 Å². The third-order valence-corrected chi connectivity index (χ3v) is 6.20. The third-order valence-electron chi connectivity index (χ3n) is 5.25. The number of rotatable bonds is 1. The molecule has 0 radical (unpaired) electrons. The molecule has 0 spiro atoms. The van der Waals surface area contributed by atoms with Crippen molar-refractivity contribution in [2.75, 3.05) is 25.1 Å². The topological polar surface area (TPSA) is 146 Å². The Morgan fingerprint density at radius 2 is 1.79 bits per heavy atom. The maximum atomic E-state index is 12.0. The Hall–Kier alpha value is -3.36. The Morgan fingerprint density at radius 3 is 2.53 bits per heavy atom. The van der Waals surface area contributed by atoms with Gasteiger partial charge in [0.15, 0.2) is 0 Å². The molecule has 10 nitrogen and oxygen atoms in total. The van der Waals surface area contributed by atoms with Crippen molar-refractivity contribution in [3.63, 3.8) is 0 Å². The van der Waals surface area contributed by atoms with Gasteiger partial charge in [-0.25, -0.2) is 28.3 Å². The van der Waals surface area contributed by atoms with E-state index >= 15 is 0 Å². The predicted molar refractivity (Wildman–Crippen MR) is 127 cm³/mol. The van der Waals surface area contributed by atoms with Crippen molar-refractivity contribution < 1.29 is 22.7 Å². The average molecular weight is 488 g/mol. The van der Waals surface area contributed by atoms with Crippen molar-refractivity contribution in [3.8, 4) is 18.1 Å². The van der Waals surface area contributed by atoms with E-state index in [1.165, 1.54) is 6.07 Å². The molecule has 0 fully saturated rings. The normalized spacial score (nSPS) is 18.6. The number of ether oxygens (including phenoxy) is 2. The summed E-state index contributed by atoms with van der Waals surface area (Å²) in [6, 6.07) is 4.52. The minimum atomic E-state index is -3.96. The highest BCUT2D eigenvalue weighted by molar-refractivity contribution is 7.89. The van der Waals surface area contributed by atoms with E-state index < -0.39 is 16.1 Å². The van der Waals surface area contributed by atoms with E-state index in [0.29, 0.717) is 44.0 Å². The summed E-state index contributed by atoms with van der Waals surface area (Å²) >= 11 is 0. The number of sulfonamides is 1. The van der Waals surface area contributed by atoms with Crippen LogP contribution >= 0.6 is 0 Å². The monoisotopic (exact) mass is 487 g/mol. The standard InChI is InChI=1S/C23H29N5O5S/c1-2-17-8-7-13-33-23(29)25-11-5-3-4-6-12-32-20-14-19(9-10-21(20)34(24,30)31)28-22-26-15-18(17)16-27-22/h1,9-10,14-17H,3-8,11-13H2,(H,25,29)(H2,24,30,31)(H,26,27,28)/t17-/m0/s1. The molecule has 0 aliphatic carbocycles. The van der Waals surface area contributed by atoms with Crippen LogP contribution in [0.3, 0.4) is 0 Å². The molecule has 0 saturated heterocycles. The molecule has 4 rings (SSSR count). The third kappa shape index (κ3) is 7.60. The molecule has 2 aromatic rings. The largest absolute Gasteiger partial charge is 0.492 e. The fourth-order valence-electron chi connectivity index (χ4n) is 3.45. The van der Waals surface area contributed by atoms with E-state index in [4.69, 9.17) is 21.0 Å². The second kappa shape index (κ2) is 12.2. The van der Waals surface area contributed by atoms with Gasteiger partial charge in [-0.2, -0.15) is 0 Å². The lowest BCUT2D eigenvalue weighted by atomic mass is 9.98. The molecule has 34 heavy (non-hydrogen) atoms. The first-order chi connectivity index (χ1) is 16.4. The summed E-state index contributed by atoms with van der Waals surface area (Å²) in [6.07, 6.45) is 13.0. The number of carbonyl (C=O) groups excluding carboxylic acids is 1. The zero-order valence-electron chi connectivity index (χ0n) is 18.8. The number of hydrogen-bond acceptors (Lipinski definition) is 8. The molecular formula is C23H29N5O5S. The van der Waals surface area contributed by atoms with Crippen LogP contribution in [0.25, 0.3) is 0 Å². The Morgan fingerprint density at radius 1 is 1.06 bits per heavy atom. The Kier molecular flexibility index (Phi) is 9.07. The summed E-state index contributed by atoms with van der Waals surface area (Å²) in [7, 11) is -3.96. The number of fused-ring (bicyclic) bond motifs is 15. The highest BCUT2D eigenvalue weighted by Crippen LogP contribution is 2.28. The van der Waals surface area contributed by atoms with Gasteiger partial charge in [0.1, 0.15) is 10.6 Å². The van der Waals surface area contributed by atoms with Gasteiger partial charge >= 0.3 is 6.09 Å². The first-order valence-corrected chi connectivity index (χ1v) is 12.7. The number of alkyl carbamates (subject to hydrolysis) is 1. The number of primary sulfonamides is 1. The molecule has 1 amide bonds. The number of anilines is 2. The number of amides is 1. The molecule has 0 unspecified atom stereocenters. The number of carbonyl (C=O) groups is 1. The molecule has 1 atom stereocenters. The van der Waals surface area contributed by atoms with Gasteiger partial charge in [0.25, 0.3) is 0 Å². The van der Waals surface area contributed by atoms with Gasteiger partial charge in [-0.05, 0) is 37.8 Å². The summed E-state index contributed by atoms with van der Waals surface area (Å²) in [6.45, 7) is 1.11. The lowest BCUT2D eigenvalue weighted by Crippen LogP contribution is -2.25. The number of benzene rings is 1. The van der Waals surface area contributed by atoms with Gasteiger partial charge in [0.2, 0.25) is 16.0 Å². The minimum Gasteiger partial charge on any atom is -0.492 e. The number of hydrogen-bond donors (Lipinski definition) is 3. The number of nitrogens with two attached hydrogens (primary N) is 1. The molecule has 182 valence electrons. The zero-order valence-corrected chi connectivity index (χ0v) is 19.6. The van der Waals surface area contributed by atoms with E-state index in [-0.39, 0.29) is 23.2 Å². The van der Waals surface area contributed by atoms with Crippen molar-refractivity contribution >= 4 is 27.8 Å². The van der Waals surface area contributed by atoms with Gasteiger partial charge in [-0.1, -0.05) is 18.8 Å². The van der Waals surface area contributed by atoms with E-state index in [1.54, 1.807) is 24.5 Å². The molecule has 3 heterocycles. The minimum absolute atomic E-state index is 0.0941. The van der Waals surface area contributed by atoms with Crippen molar-refractivity contribution in [1.29, 1.82) is 0 Å². The summed E-state index contributed by atoms with van der Waals surface area (Å²) in [5, 5.41) is 11.1. The summed E-state index contributed by atoms with van der Waals surface area (Å²) in [4.78, 5) is 20.3. The van der Waals surface area contributed by atoms with Crippen LogP contribution in [-0.2, 0) is 14.8 Å². The SMILES string of the molecule is C#C[C@H]1CCCOC(=O)NCCCCCCOc2cc(ccc2S(N)(=O)=O)Nc2ncc1cn2. The Balaban J connectivity index is 1.79. The van der Waals surface area contributed by atoms with E-state index in [0.717, 1.165) is 24.8 Å². The lowest BCUT2D eigenvalue weighted by Gasteiger charge is -2.14. The maximum Gasteiger partial charge on any atom is 0.407 e. The molecular weight excluding hydrogens is 458 g/mol. The van der Waals surface area contributed by atoms with Crippen LogP contribution in [0.1, 0.15) is 50.0 Å². The van der Waals surface area contributed by atoms with Crippen LogP contribution in [0, 0.1) is 12.3 Å². The van der Waals surface area contributed by atoms with Gasteiger partial charge in [0.05, 0.1) is 13.2 Å². The quantitative estimate of drug-likeness (QED) is 0.520. The molecule has 2 aliphatic heterocycles. The van der Waals surface area contributed by atoms with Crippen molar-refractivity contribution in [1.82, 2.24) is 15.3 Å². The molecule has 0 saturated carbocycles. The maximum absolute atomic E-state index is 12.0. The molecule has 1 aromatic carbocycles. The lowest BCUT2D eigenvalue weighted by molar-refractivity contribution is 0.143. The fraction of sp³-hybridized carbons (Fsp3) is 0.435. The molecule has 4 bridgehead atoms.